The Bertz CT molecular complexity index is 135. The summed E-state index contributed by atoms with van der Waals surface area (Å²) in [5.41, 5.74) is 4.95. The Hall–Kier alpha value is -0.540. The molecule has 0 saturated carbocycles. The van der Waals surface area contributed by atoms with Gasteiger partial charge >= 0.3 is 0 Å². The number of carbonyl (C=O) groups is 1. The van der Waals surface area contributed by atoms with Gasteiger partial charge in [-0.3, -0.25) is 10.1 Å². The zero-order chi connectivity index (χ0) is 5.98. The molecule has 4 heteroatoms. The van der Waals surface area contributed by atoms with Crippen LogP contribution in [0.2, 0.25) is 0 Å². The maximum Gasteiger partial charge on any atom is 0.238 e. The van der Waals surface area contributed by atoms with Gasteiger partial charge in [0.05, 0.1) is 0 Å². The molecule has 1 aliphatic rings. The van der Waals surface area contributed by atoms with E-state index in [-0.39, 0.29) is 24.4 Å². The van der Waals surface area contributed by atoms with Crippen LogP contribution in [-0.4, -0.2) is 18.5 Å². The second-order valence-corrected chi connectivity index (χ2v) is 1.72. The normalized spacial score (nSPS) is 23.3. The van der Waals surface area contributed by atoms with Gasteiger partial charge in [-0.25, -0.2) is 0 Å². The minimum Gasteiger partial charge on any atom is -0.368 e. The summed E-state index contributed by atoms with van der Waals surface area (Å²) in [4.78, 5) is 10.3. The molecule has 0 spiro atoms. The number of amides is 1. The van der Waals surface area contributed by atoms with Crippen molar-refractivity contribution < 1.29 is 4.79 Å². The molecule has 3 N–H and O–H groups in total. The van der Waals surface area contributed by atoms with Crippen molar-refractivity contribution in [2.24, 2.45) is 5.73 Å². The lowest BCUT2D eigenvalue weighted by Crippen LogP contribution is -2.36. The van der Waals surface area contributed by atoms with Crippen LogP contribution < -0.4 is 11.1 Å². The second-order valence-electron chi connectivity index (χ2n) is 1.72. The van der Waals surface area contributed by atoms with E-state index in [0.29, 0.717) is 0 Å². The summed E-state index contributed by atoms with van der Waals surface area (Å²) in [5, 5.41) is 2.87. The Morgan fingerprint density at radius 3 is 2.67 bits per heavy atom. The molecule has 0 bridgehead atoms. The van der Waals surface area contributed by atoms with Crippen LogP contribution in [0.5, 0.6) is 0 Å². The van der Waals surface area contributed by atoms with Gasteiger partial charge in [0.15, 0.2) is 0 Å². The quantitative estimate of drug-likeness (QED) is 0.489. The summed E-state index contributed by atoms with van der Waals surface area (Å²) in [5.74, 6) is -0.307. The molecule has 1 aliphatic heterocycles. The highest BCUT2D eigenvalue weighted by Gasteiger charge is 2.12. The summed E-state index contributed by atoms with van der Waals surface area (Å²) in [6.45, 7) is 0.758. The summed E-state index contributed by atoms with van der Waals surface area (Å²) in [6, 6.07) is -0.227. The first kappa shape index (κ1) is 8.46. The van der Waals surface area contributed by atoms with Crippen LogP contribution in [0.3, 0.4) is 0 Å². The van der Waals surface area contributed by atoms with Gasteiger partial charge in [-0.1, -0.05) is 12.2 Å². The Kier molecular flexibility index (Phi) is 3.27. The van der Waals surface area contributed by atoms with Gasteiger partial charge < -0.3 is 5.73 Å². The first-order chi connectivity index (χ1) is 3.80. The van der Waals surface area contributed by atoms with Crippen LogP contribution >= 0.6 is 12.4 Å². The van der Waals surface area contributed by atoms with Gasteiger partial charge in [-0.05, 0) is 0 Å². The molecule has 0 radical (unpaired) electrons. The van der Waals surface area contributed by atoms with E-state index >= 15 is 0 Å². The molecule has 0 aliphatic carbocycles. The Labute approximate surface area is 59.7 Å². The van der Waals surface area contributed by atoms with E-state index in [4.69, 9.17) is 5.73 Å². The maximum absolute atomic E-state index is 10.3. The number of nitrogens with two attached hydrogens (primary N) is 1. The molecular weight excluding hydrogens is 140 g/mol. The van der Waals surface area contributed by atoms with Crippen LogP contribution in [0.1, 0.15) is 0 Å². The summed E-state index contributed by atoms with van der Waals surface area (Å²) >= 11 is 0. The highest BCUT2D eigenvalue weighted by Crippen LogP contribution is 1.91. The van der Waals surface area contributed by atoms with E-state index in [1.54, 1.807) is 6.08 Å². The van der Waals surface area contributed by atoms with Crippen molar-refractivity contribution in [2.45, 2.75) is 6.04 Å². The average molecular weight is 149 g/mol. The Morgan fingerprint density at radius 2 is 2.44 bits per heavy atom. The third kappa shape index (κ3) is 2.03. The number of primary amides is 1. The van der Waals surface area contributed by atoms with E-state index in [9.17, 15) is 4.79 Å². The van der Waals surface area contributed by atoms with Crippen LogP contribution in [-0.2, 0) is 4.79 Å². The molecule has 0 aromatic rings. The fourth-order valence-corrected chi connectivity index (χ4v) is 0.663. The molecule has 0 saturated heterocycles. The highest BCUT2D eigenvalue weighted by atomic mass is 35.5. The molecule has 1 heterocycles. The predicted molar refractivity (Wildman–Crippen MR) is 37.4 cm³/mol. The third-order valence-electron chi connectivity index (χ3n) is 1.09. The number of hydrogen-bond donors (Lipinski definition) is 2. The van der Waals surface area contributed by atoms with Gasteiger partial charge in [0.2, 0.25) is 5.91 Å². The first-order valence-electron chi connectivity index (χ1n) is 2.50. The minimum atomic E-state index is -0.307. The smallest absolute Gasteiger partial charge is 0.238 e. The number of rotatable bonds is 1. The predicted octanol–water partition coefficient (Wildman–Crippen LogP) is -0.579. The van der Waals surface area contributed by atoms with Crippen LogP contribution in [0.25, 0.3) is 0 Å². The van der Waals surface area contributed by atoms with Crippen LogP contribution in [0, 0.1) is 0 Å². The SMILES string of the molecule is Cl.NC(=O)C1C=CCN1. The summed E-state index contributed by atoms with van der Waals surface area (Å²) in [7, 11) is 0. The molecule has 0 aromatic carbocycles. The van der Waals surface area contributed by atoms with Gasteiger partial charge in [0.1, 0.15) is 6.04 Å². The van der Waals surface area contributed by atoms with Crippen molar-refractivity contribution in [1.82, 2.24) is 5.32 Å². The highest BCUT2D eigenvalue weighted by molar-refractivity contribution is 5.85. The minimum absolute atomic E-state index is 0. The lowest BCUT2D eigenvalue weighted by molar-refractivity contribution is -0.118. The first-order valence-corrected chi connectivity index (χ1v) is 2.50. The number of nitrogens with one attached hydrogen (secondary N) is 1. The Balaban J connectivity index is 0.000000640. The molecule has 1 unspecified atom stereocenters. The van der Waals surface area contributed by atoms with Crippen molar-refractivity contribution >= 4 is 18.3 Å². The zero-order valence-electron chi connectivity index (χ0n) is 4.83. The third-order valence-corrected chi connectivity index (χ3v) is 1.09. The van der Waals surface area contributed by atoms with Gasteiger partial charge in [0.25, 0.3) is 0 Å². The van der Waals surface area contributed by atoms with Crippen LogP contribution in [0.15, 0.2) is 12.2 Å². The number of hydrogen-bond acceptors (Lipinski definition) is 2. The van der Waals surface area contributed by atoms with Crippen molar-refractivity contribution in [2.75, 3.05) is 6.54 Å². The van der Waals surface area contributed by atoms with Gasteiger partial charge in [-0.2, -0.15) is 0 Å². The molecule has 3 nitrogen and oxygen atoms in total. The zero-order valence-corrected chi connectivity index (χ0v) is 5.65. The number of halogens is 1. The van der Waals surface area contributed by atoms with Crippen LogP contribution in [0.4, 0.5) is 0 Å². The van der Waals surface area contributed by atoms with E-state index in [1.807, 2.05) is 6.08 Å². The average Bonchev–Trinajstić information content (AvgIpc) is 2.12. The molecule has 9 heavy (non-hydrogen) atoms. The molecule has 1 amide bonds. The van der Waals surface area contributed by atoms with E-state index in [2.05, 4.69) is 5.32 Å². The molecule has 52 valence electrons. The van der Waals surface area contributed by atoms with Crippen molar-refractivity contribution in [3.05, 3.63) is 12.2 Å². The van der Waals surface area contributed by atoms with Gasteiger partial charge in [-0.15, -0.1) is 12.4 Å². The monoisotopic (exact) mass is 148 g/mol. The lowest BCUT2D eigenvalue weighted by atomic mass is 10.3. The maximum atomic E-state index is 10.3. The van der Waals surface area contributed by atoms with Crippen molar-refractivity contribution in [3.8, 4) is 0 Å². The van der Waals surface area contributed by atoms with Crippen molar-refractivity contribution in [1.29, 1.82) is 0 Å². The lowest BCUT2D eigenvalue weighted by Gasteiger charge is -2.00. The van der Waals surface area contributed by atoms with E-state index < -0.39 is 0 Å². The Morgan fingerprint density at radius 1 is 1.78 bits per heavy atom. The summed E-state index contributed by atoms with van der Waals surface area (Å²) in [6.07, 6.45) is 3.65. The largest absolute Gasteiger partial charge is 0.368 e. The molecule has 0 fully saturated rings. The second kappa shape index (κ2) is 3.48. The fraction of sp³-hybridized carbons (Fsp3) is 0.400. The molecular formula is C5H9ClN2O. The van der Waals surface area contributed by atoms with Crippen molar-refractivity contribution in [3.63, 3.8) is 0 Å². The molecule has 1 rings (SSSR count). The fourth-order valence-electron chi connectivity index (χ4n) is 0.663. The van der Waals surface area contributed by atoms with E-state index in [1.165, 1.54) is 0 Å². The van der Waals surface area contributed by atoms with E-state index in [0.717, 1.165) is 6.54 Å². The van der Waals surface area contributed by atoms with Gasteiger partial charge in [0, 0.05) is 6.54 Å². The molecule has 1 atom stereocenters. The molecule has 0 aromatic heterocycles. The number of carbonyl (C=O) groups excluding carboxylic acids is 1. The standard InChI is InChI=1S/C5H8N2O.ClH/c6-5(8)4-2-1-3-7-4;/h1-2,4,7H,3H2,(H2,6,8);1H. The summed E-state index contributed by atoms with van der Waals surface area (Å²) < 4.78 is 0. The topological polar surface area (TPSA) is 55.1 Å².